The number of nitrogens with zero attached hydrogens (tertiary/aromatic N) is 4. The average Bonchev–Trinajstić information content (AvgIpc) is 3.33. The zero-order valence-electron chi connectivity index (χ0n) is 36.6. The molecule has 6 unspecified atom stereocenters. The molecule has 4 aromatic carbocycles. The number of aliphatic hydroxyl groups excluding tert-OH is 2. The van der Waals surface area contributed by atoms with Gasteiger partial charge in [-0.25, -0.2) is 0 Å². The number of unbranched alkanes of at least 4 members (excludes halogenated alkanes) is 2. The highest BCUT2D eigenvalue weighted by atomic mass is 32.2. The lowest BCUT2D eigenvalue weighted by atomic mass is 9.55. The fraction of sp³-hybridized carbons (Fsp3) is 0.392. The van der Waals surface area contributed by atoms with Gasteiger partial charge in [-0.05, 0) is 115 Å². The highest BCUT2D eigenvalue weighted by Gasteiger charge is 2.65. The van der Waals surface area contributed by atoms with Gasteiger partial charge < -0.3 is 34.2 Å². The van der Waals surface area contributed by atoms with Crippen LogP contribution in [0.4, 0.5) is 5.69 Å². The summed E-state index contributed by atoms with van der Waals surface area (Å²) in [6, 6.07) is 30.1. The van der Waals surface area contributed by atoms with Crippen molar-refractivity contribution in [3.8, 4) is 17.6 Å². The summed E-state index contributed by atoms with van der Waals surface area (Å²) in [5.41, 5.74) is 3.91. The van der Waals surface area contributed by atoms with Crippen molar-refractivity contribution in [3.63, 3.8) is 0 Å². The van der Waals surface area contributed by atoms with Crippen LogP contribution in [0.3, 0.4) is 0 Å². The van der Waals surface area contributed by atoms with Crippen molar-refractivity contribution >= 4 is 29.1 Å². The number of ether oxygens (including phenoxy) is 3. The Kier molecular flexibility index (Phi) is 16.1. The number of benzene rings is 4. The third kappa shape index (κ3) is 10.8. The van der Waals surface area contributed by atoms with Crippen molar-refractivity contribution in [1.29, 1.82) is 5.26 Å². The summed E-state index contributed by atoms with van der Waals surface area (Å²) in [4.78, 5) is 34.4. The van der Waals surface area contributed by atoms with Gasteiger partial charge in [0, 0.05) is 66.5 Å². The Morgan fingerprint density at radius 1 is 1.03 bits per heavy atom. The van der Waals surface area contributed by atoms with Gasteiger partial charge in [-0.1, -0.05) is 48.3 Å². The quantitative estimate of drug-likeness (QED) is 0.0253. The Morgan fingerprint density at radius 3 is 2.46 bits per heavy atom. The van der Waals surface area contributed by atoms with Crippen LogP contribution >= 0.6 is 11.8 Å². The Bertz CT molecular complexity index is 2370. The van der Waals surface area contributed by atoms with Gasteiger partial charge in [0.1, 0.15) is 24.1 Å². The lowest BCUT2D eigenvalue weighted by Gasteiger charge is -2.59. The van der Waals surface area contributed by atoms with Crippen LogP contribution in [0.15, 0.2) is 131 Å². The Morgan fingerprint density at radius 2 is 1.77 bits per heavy atom. The minimum Gasteiger partial charge on any atom is -0.493 e. The molecule has 65 heavy (non-hydrogen) atoms. The van der Waals surface area contributed by atoms with Crippen LogP contribution < -0.4 is 9.47 Å². The number of allylic oxidation sites excluding steroid dienone is 1. The van der Waals surface area contributed by atoms with E-state index in [1.165, 1.54) is 12.1 Å². The first-order valence-electron chi connectivity index (χ1n) is 22.2. The van der Waals surface area contributed by atoms with Gasteiger partial charge in [-0.2, -0.15) is 5.26 Å². The summed E-state index contributed by atoms with van der Waals surface area (Å²) in [6.45, 7) is 4.77. The van der Waals surface area contributed by atoms with E-state index in [1.54, 1.807) is 66.2 Å². The normalized spacial score (nSPS) is 22.3. The monoisotopic (exact) mass is 900 g/mol. The molecule has 1 fully saturated rings. The number of nitro benzene ring substituents is 1. The lowest BCUT2D eigenvalue weighted by molar-refractivity contribution is -0.384. The number of nitro groups is 1. The van der Waals surface area contributed by atoms with Gasteiger partial charge in [-0.15, -0.1) is 18.3 Å². The number of non-ortho nitro benzene ring substituents is 1. The third-order valence-corrected chi connectivity index (χ3v) is 13.6. The second-order valence-electron chi connectivity index (χ2n) is 16.6. The minimum absolute atomic E-state index is 0.0211. The molecule has 0 bridgehead atoms. The van der Waals surface area contributed by atoms with Gasteiger partial charge in [0.2, 0.25) is 5.79 Å². The van der Waals surface area contributed by atoms with E-state index in [-0.39, 0.29) is 62.2 Å². The molecule has 4 aromatic rings. The van der Waals surface area contributed by atoms with Crippen LogP contribution in [0.2, 0.25) is 0 Å². The SMILES string of the molecule is C=CCOC12Oc3ccc(OCCSc4ccccc4)cc3C3C(CCCCO)C(CCCCO)C=C(C(=NOCc4ccc([N+](=O)[O-])cc4)CC1N(C)C(=O)c1ccc(C#N)cc1)C32. The predicted molar refractivity (Wildman–Crippen MR) is 249 cm³/mol. The van der Waals surface area contributed by atoms with Crippen LogP contribution in [0, 0.1) is 39.2 Å². The first-order chi connectivity index (χ1) is 31.7. The number of hydrogen-bond donors (Lipinski definition) is 2. The Balaban J connectivity index is 1.36. The maximum atomic E-state index is 14.6. The molecule has 0 saturated heterocycles. The molecule has 0 radical (unpaired) electrons. The van der Waals surface area contributed by atoms with Crippen LogP contribution in [0.5, 0.6) is 11.5 Å². The molecular weight excluding hydrogens is 845 g/mol. The molecule has 0 aromatic heterocycles. The van der Waals surface area contributed by atoms with Crippen molar-refractivity contribution in [2.75, 3.05) is 39.2 Å². The van der Waals surface area contributed by atoms with Crippen molar-refractivity contribution in [2.24, 2.45) is 22.9 Å². The number of nitriles is 1. The summed E-state index contributed by atoms with van der Waals surface area (Å²) >= 11 is 1.72. The maximum Gasteiger partial charge on any atom is 0.269 e. The first-order valence-corrected chi connectivity index (χ1v) is 23.2. The summed E-state index contributed by atoms with van der Waals surface area (Å²) < 4.78 is 20.7. The molecule has 2 aliphatic carbocycles. The second-order valence-corrected chi connectivity index (χ2v) is 17.8. The second kappa shape index (κ2) is 22.3. The number of thioether (sulfide) groups is 1. The molecule has 7 rings (SSSR count). The van der Waals surface area contributed by atoms with Gasteiger partial charge >= 0.3 is 0 Å². The molecule has 1 amide bonds. The molecule has 1 aliphatic heterocycles. The molecular formula is C51H56N4O9S. The number of carbonyl (C=O) groups is 1. The fourth-order valence-electron chi connectivity index (χ4n) is 9.58. The number of likely N-dealkylation sites (N-methyl/N-ethyl adjacent to an activating group) is 1. The van der Waals surface area contributed by atoms with Crippen molar-refractivity contribution in [1.82, 2.24) is 4.90 Å². The number of rotatable bonds is 22. The van der Waals surface area contributed by atoms with E-state index in [2.05, 4.69) is 36.9 Å². The summed E-state index contributed by atoms with van der Waals surface area (Å²) in [7, 11) is 1.73. The van der Waals surface area contributed by atoms with Crippen LogP contribution in [-0.4, -0.2) is 82.7 Å². The Hall–Kier alpha value is -5.98. The van der Waals surface area contributed by atoms with Gasteiger partial charge in [0.25, 0.3) is 11.6 Å². The summed E-state index contributed by atoms with van der Waals surface area (Å²) in [5.74, 6) is -0.424. The molecule has 1 heterocycles. The van der Waals surface area contributed by atoms with Gasteiger partial charge in [0.15, 0.2) is 0 Å². The largest absolute Gasteiger partial charge is 0.493 e. The Labute approximate surface area is 384 Å². The van der Waals surface area contributed by atoms with E-state index in [1.807, 2.05) is 30.3 Å². The van der Waals surface area contributed by atoms with Crippen LogP contribution in [0.25, 0.3) is 0 Å². The van der Waals surface area contributed by atoms with Crippen molar-refractivity contribution in [2.45, 2.75) is 74.2 Å². The standard InChI is InChI=1S/C51H56N4O9S/c1-3-27-62-51-47(54(2)50(58)37-19-15-35(33-52)16-20-37)32-45(53-63-34-36-17-21-39(22-18-36)55(59)60)43-30-38(11-7-9-25-56)42(14-8-10-26-57)48(49(43)51)44-31-40(23-24-46(44)64-51)61-28-29-65-41-12-5-4-6-13-41/h3-6,12-13,15-24,30-31,38,42,47-49,56-57H,1,7-11,14,25-29,32,34H2,2H3. The number of aliphatic hydroxyl groups is 2. The van der Waals surface area contributed by atoms with Gasteiger partial charge in [-0.3, -0.25) is 14.9 Å². The predicted octanol–water partition coefficient (Wildman–Crippen LogP) is 9.24. The fourth-order valence-corrected chi connectivity index (χ4v) is 10.3. The van der Waals surface area contributed by atoms with Crippen molar-refractivity contribution in [3.05, 3.63) is 154 Å². The minimum atomic E-state index is -1.45. The van der Waals surface area contributed by atoms with Gasteiger partial charge in [0.05, 0.1) is 41.4 Å². The molecule has 13 nitrogen and oxygen atoms in total. The van der Waals surface area contributed by atoms with Crippen LogP contribution in [-0.2, 0) is 16.2 Å². The topological polar surface area (TPSA) is 177 Å². The smallest absolute Gasteiger partial charge is 0.269 e. The maximum absolute atomic E-state index is 14.6. The number of carbonyl (C=O) groups excluding carboxylic acids is 1. The van der Waals surface area contributed by atoms with E-state index in [9.17, 15) is 30.4 Å². The molecule has 14 heteroatoms. The highest BCUT2D eigenvalue weighted by molar-refractivity contribution is 7.99. The summed E-state index contributed by atoms with van der Waals surface area (Å²) in [5, 5.41) is 45.6. The average molecular weight is 901 g/mol. The molecule has 340 valence electrons. The van der Waals surface area contributed by atoms with E-state index < -0.39 is 22.7 Å². The molecule has 1 saturated carbocycles. The number of amides is 1. The van der Waals surface area contributed by atoms with E-state index in [0.29, 0.717) is 53.3 Å². The first kappa shape index (κ1) is 47.0. The van der Waals surface area contributed by atoms with E-state index in [0.717, 1.165) is 47.5 Å². The zero-order chi connectivity index (χ0) is 45.8. The number of oxime groups is 1. The number of fused-ring (bicyclic) bond motifs is 2. The highest BCUT2D eigenvalue weighted by Crippen LogP contribution is 2.62. The molecule has 6 atom stereocenters. The lowest BCUT2D eigenvalue weighted by Crippen LogP contribution is -2.69. The summed E-state index contributed by atoms with van der Waals surface area (Å²) in [6.07, 6.45) is 8.53. The van der Waals surface area contributed by atoms with Crippen LogP contribution in [0.1, 0.15) is 77.9 Å². The number of hydrogen-bond acceptors (Lipinski definition) is 12. The molecule has 2 N–H and O–H groups in total. The third-order valence-electron chi connectivity index (χ3n) is 12.6. The van der Waals surface area contributed by atoms with E-state index >= 15 is 0 Å². The molecule has 3 aliphatic rings. The zero-order valence-corrected chi connectivity index (χ0v) is 37.4. The van der Waals surface area contributed by atoms with Crippen molar-refractivity contribution < 1.29 is 39.0 Å². The van der Waals surface area contributed by atoms with E-state index in [4.69, 9.17) is 24.2 Å². The molecule has 0 spiro atoms.